The molecule has 0 aliphatic carbocycles. The van der Waals surface area contributed by atoms with E-state index in [0.29, 0.717) is 6.42 Å². The highest BCUT2D eigenvalue weighted by Crippen LogP contribution is 2.11. The van der Waals surface area contributed by atoms with E-state index in [1.807, 2.05) is 6.92 Å². The second-order valence-corrected chi connectivity index (χ2v) is 3.22. The number of nitrogens with two attached hydrogens (primary N) is 1. The lowest BCUT2D eigenvalue weighted by molar-refractivity contribution is 0.265. The Morgan fingerprint density at radius 1 is 1.50 bits per heavy atom. The van der Waals surface area contributed by atoms with E-state index in [1.54, 1.807) is 6.07 Å². The van der Waals surface area contributed by atoms with Crippen molar-refractivity contribution in [1.29, 1.82) is 0 Å². The molecule has 0 saturated heterocycles. The Labute approximate surface area is 89.3 Å². The fourth-order valence-corrected chi connectivity index (χ4v) is 1.21. The van der Waals surface area contributed by atoms with Crippen LogP contribution < -0.4 is 5.73 Å². The Kier molecular flexibility index (Phi) is 5.69. The Hall–Kier alpha value is -0.640. The summed E-state index contributed by atoms with van der Waals surface area (Å²) in [6, 6.07) is 4.30. The fraction of sp³-hybridized carbons (Fsp3) is 0.400. The Balaban J connectivity index is 0.00000169. The molecular weight excluding hydrogens is 205 g/mol. The van der Waals surface area contributed by atoms with Gasteiger partial charge in [-0.3, -0.25) is 0 Å². The van der Waals surface area contributed by atoms with Crippen LogP contribution >= 0.6 is 12.4 Å². The van der Waals surface area contributed by atoms with E-state index in [0.717, 1.165) is 11.1 Å². The van der Waals surface area contributed by atoms with Gasteiger partial charge in [-0.2, -0.15) is 0 Å². The van der Waals surface area contributed by atoms with Crippen LogP contribution in [0, 0.1) is 12.7 Å². The SMILES string of the molecule is Cc1ccc(F)cc1CC(N)CO.Cl. The minimum Gasteiger partial charge on any atom is -0.395 e. The van der Waals surface area contributed by atoms with Crippen LogP contribution in [0.2, 0.25) is 0 Å². The lowest BCUT2D eigenvalue weighted by Crippen LogP contribution is -2.27. The molecule has 1 unspecified atom stereocenters. The average Bonchev–Trinajstić information content (AvgIpc) is 2.11. The molecule has 0 aromatic heterocycles. The number of rotatable bonds is 3. The molecule has 0 spiro atoms. The van der Waals surface area contributed by atoms with Crippen LogP contribution in [-0.4, -0.2) is 17.8 Å². The number of halogens is 2. The maximum absolute atomic E-state index is 12.8. The van der Waals surface area contributed by atoms with Crippen LogP contribution in [0.4, 0.5) is 4.39 Å². The van der Waals surface area contributed by atoms with Crippen LogP contribution in [0.15, 0.2) is 18.2 Å². The minimum atomic E-state index is -0.305. The van der Waals surface area contributed by atoms with E-state index >= 15 is 0 Å². The lowest BCUT2D eigenvalue weighted by Gasteiger charge is -2.10. The Morgan fingerprint density at radius 3 is 2.71 bits per heavy atom. The predicted octanol–water partition coefficient (Wildman–Crippen LogP) is 1.42. The van der Waals surface area contributed by atoms with E-state index in [-0.39, 0.29) is 30.9 Å². The first-order valence-corrected chi connectivity index (χ1v) is 4.25. The number of hydrogen-bond donors (Lipinski definition) is 2. The van der Waals surface area contributed by atoms with Gasteiger partial charge < -0.3 is 10.8 Å². The van der Waals surface area contributed by atoms with Crippen LogP contribution in [0.25, 0.3) is 0 Å². The average molecular weight is 220 g/mol. The first-order chi connectivity index (χ1) is 6.13. The van der Waals surface area contributed by atoms with Crippen LogP contribution in [0.1, 0.15) is 11.1 Å². The standard InChI is InChI=1S/C10H14FNO.ClH/c1-7-2-3-9(11)4-8(7)5-10(12)6-13;/h2-4,10,13H,5-6,12H2,1H3;1H. The van der Waals surface area contributed by atoms with Crippen LogP contribution in [0.3, 0.4) is 0 Å². The summed E-state index contributed by atoms with van der Waals surface area (Å²) in [5.74, 6) is -0.259. The summed E-state index contributed by atoms with van der Waals surface area (Å²) in [4.78, 5) is 0. The van der Waals surface area contributed by atoms with Crippen molar-refractivity contribution in [2.24, 2.45) is 5.73 Å². The van der Waals surface area contributed by atoms with Crippen molar-refractivity contribution in [2.45, 2.75) is 19.4 Å². The van der Waals surface area contributed by atoms with Gasteiger partial charge in [-0.25, -0.2) is 4.39 Å². The molecule has 1 aromatic carbocycles. The highest BCUT2D eigenvalue weighted by Gasteiger charge is 2.05. The van der Waals surface area contributed by atoms with E-state index in [4.69, 9.17) is 10.8 Å². The normalized spacial score (nSPS) is 12.0. The maximum Gasteiger partial charge on any atom is 0.123 e. The second-order valence-electron chi connectivity index (χ2n) is 3.22. The van der Waals surface area contributed by atoms with E-state index in [1.165, 1.54) is 12.1 Å². The van der Waals surface area contributed by atoms with Crippen molar-refractivity contribution in [3.05, 3.63) is 35.1 Å². The Morgan fingerprint density at radius 2 is 2.14 bits per heavy atom. The highest BCUT2D eigenvalue weighted by molar-refractivity contribution is 5.85. The molecule has 0 aliphatic rings. The Bertz CT molecular complexity index is 293. The minimum absolute atomic E-state index is 0. The topological polar surface area (TPSA) is 46.2 Å². The van der Waals surface area contributed by atoms with E-state index in [9.17, 15) is 4.39 Å². The van der Waals surface area contributed by atoms with Crippen molar-refractivity contribution in [3.8, 4) is 0 Å². The molecule has 0 heterocycles. The summed E-state index contributed by atoms with van der Waals surface area (Å²) in [6.07, 6.45) is 0.514. The number of aliphatic hydroxyl groups is 1. The molecule has 1 atom stereocenters. The van der Waals surface area contributed by atoms with Gasteiger partial charge in [0.25, 0.3) is 0 Å². The van der Waals surface area contributed by atoms with Gasteiger partial charge in [0, 0.05) is 6.04 Å². The molecule has 0 amide bonds. The molecule has 0 radical (unpaired) electrons. The molecule has 1 rings (SSSR count). The smallest absolute Gasteiger partial charge is 0.123 e. The van der Waals surface area contributed by atoms with Crippen LogP contribution in [0.5, 0.6) is 0 Å². The predicted molar refractivity (Wildman–Crippen MR) is 57.2 cm³/mol. The van der Waals surface area contributed by atoms with E-state index < -0.39 is 0 Å². The van der Waals surface area contributed by atoms with Gasteiger partial charge in [0.15, 0.2) is 0 Å². The maximum atomic E-state index is 12.8. The molecule has 0 bridgehead atoms. The lowest BCUT2D eigenvalue weighted by atomic mass is 10.0. The third-order valence-electron chi connectivity index (χ3n) is 2.03. The van der Waals surface area contributed by atoms with Crippen molar-refractivity contribution < 1.29 is 9.50 Å². The number of benzene rings is 1. The number of hydrogen-bond acceptors (Lipinski definition) is 2. The summed E-state index contributed by atoms with van der Waals surface area (Å²) in [5, 5.41) is 8.74. The first kappa shape index (κ1) is 13.4. The highest BCUT2D eigenvalue weighted by atomic mass is 35.5. The molecule has 14 heavy (non-hydrogen) atoms. The van der Waals surface area contributed by atoms with E-state index in [2.05, 4.69) is 0 Å². The molecule has 1 aromatic rings. The molecule has 80 valence electrons. The third kappa shape index (κ3) is 3.62. The summed E-state index contributed by atoms with van der Waals surface area (Å²) >= 11 is 0. The molecular formula is C10H15ClFNO. The molecule has 0 aliphatic heterocycles. The van der Waals surface area contributed by atoms with Crippen molar-refractivity contribution >= 4 is 12.4 Å². The van der Waals surface area contributed by atoms with Gasteiger partial charge in [0.05, 0.1) is 6.61 Å². The number of aryl methyl sites for hydroxylation is 1. The third-order valence-corrected chi connectivity index (χ3v) is 2.03. The summed E-state index contributed by atoms with van der Waals surface area (Å²) in [5.41, 5.74) is 7.42. The summed E-state index contributed by atoms with van der Waals surface area (Å²) < 4.78 is 12.8. The van der Waals surface area contributed by atoms with Gasteiger partial charge >= 0.3 is 0 Å². The number of aliphatic hydroxyl groups excluding tert-OH is 1. The molecule has 2 nitrogen and oxygen atoms in total. The zero-order chi connectivity index (χ0) is 9.84. The fourth-order valence-electron chi connectivity index (χ4n) is 1.21. The molecule has 0 saturated carbocycles. The van der Waals surface area contributed by atoms with Gasteiger partial charge in [-0.1, -0.05) is 6.07 Å². The zero-order valence-corrected chi connectivity index (χ0v) is 8.85. The molecule has 3 N–H and O–H groups in total. The first-order valence-electron chi connectivity index (χ1n) is 4.25. The monoisotopic (exact) mass is 219 g/mol. The zero-order valence-electron chi connectivity index (χ0n) is 8.03. The van der Waals surface area contributed by atoms with Gasteiger partial charge in [-0.15, -0.1) is 12.4 Å². The van der Waals surface area contributed by atoms with Gasteiger partial charge in [0.2, 0.25) is 0 Å². The summed E-state index contributed by atoms with van der Waals surface area (Å²) in [6.45, 7) is 1.83. The van der Waals surface area contributed by atoms with Gasteiger partial charge in [-0.05, 0) is 36.6 Å². The van der Waals surface area contributed by atoms with Gasteiger partial charge in [0.1, 0.15) is 5.82 Å². The van der Waals surface area contributed by atoms with Crippen molar-refractivity contribution in [2.75, 3.05) is 6.61 Å². The molecule has 4 heteroatoms. The van der Waals surface area contributed by atoms with Crippen molar-refractivity contribution in [1.82, 2.24) is 0 Å². The quantitative estimate of drug-likeness (QED) is 0.808. The van der Waals surface area contributed by atoms with Crippen LogP contribution in [-0.2, 0) is 6.42 Å². The largest absolute Gasteiger partial charge is 0.395 e. The second kappa shape index (κ2) is 5.96. The molecule has 0 fully saturated rings. The summed E-state index contributed by atoms with van der Waals surface area (Å²) in [7, 11) is 0. The van der Waals surface area contributed by atoms with Crippen molar-refractivity contribution in [3.63, 3.8) is 0 Å².